The van der Waals surface area contributed by atoms with Crippen molar-refractivity contribution in [3.63, 3.8) is 0 Å². The molecule has 0 spiro atoms. The number of carbonyl (C=O) groups excluding carboxylic acids is 2. The summed E-state index contributed by atoms with van der Waals surface area (Å²) in [5.74, 6) is -0.0902. The van der Waals surface area contributed by atoms with Crippen LogP contribution in [0.25, 0.3) is 11.4 Å². The molecule has 0 atom stereocenters. The number of nitrogens with zero attached hydrogens (tertiary/aromatic N) is 2. The molecular formula is C25H22N4O3S. The Bertz CT molecular complexity index is 1360. The number of aromatic nitrogens is 2. The summed E-state index contributed by atoms with van der Waals surface area (Å²) in [5, 5.41) is 4.72. The number of carbonyl (C=O) groups is 2. The van der Waals surface area contributed by atoms with E-state index in [9.17, 15) is 14.4 Å². The maximum absolute atomic E-state index is 13.1. The Morgan fingerprint density at radius 1 is 1.06 bits per heavy atom. The van der Waals surface area contributed by atoms with Crippen molar-refractivity contribution in [3.05, 3.63) is 98.6 Å². The highest BCUT2D eigenvalue weighted by atomic mass is 32.1. The lowest BCUT2D eigenvalue weighted by molar-refractivity contribution is 0.0996. The number of aromatic amines is 1. The van der Waals surface area contributed by atoms with Crippen LogP contribution in [-0.4, -0.2) is 28.8 Å². The third-order valence-corrected chi connectivity index (χ3v) is 5.96. The number of para-hydroxylation sites is 1. The molecule has 4 aromatic rings. The molecule has 2 aromatic carbocycles. The van der Waals surface area contributed by atoms with E-state index in [0.717, 1.165) is 0 Å². The molecule has 0 fully saturated rings. The maximum atomic E-state index is 13.1. The SMILES string of the molecule is CCc1cc(=O)[nH]c(-c2cccc(NC(=O)c3ccccc3N(C)C(=O)c3cccs3)c2)n1. The zero-order valence-corrected chi connectivity index (χ0v) is 19.0. The second-order valence-corrected chi connectivity index (χ2v) is 8.28. The summed E-state index contributed by atoms with van der Waals surface area (Å²) in [6, 6.07) is 19.1. The van der Waals surface area contributed by atoms with Crippen LogP contribution in [0.2, 0.25) is 0 Å². The molecule has 166 valence electrons. The van der Waals surface area contributed by atoms with Crippen molar-refractivity contribution in [2.75, 3.05) is 17.3 Å². The quantitative estimate of drug-likeness (QED) is 0.442. The minimum absolute atomic E-state index is 0.182. The van der Waals surface area contributed by atoms with E-state index in [0.29, 0.717) is 45.3 Å². The molecule has 4 rings (SSSR count). The monoisotopic (exact) mass is 458 g/mol. The van der Waals surface area contributed by atoms with Crippen molar-refractivity contribution < 1.29 is 9.59 Å². The molecule has 8 heteroatoms. The van der Waals surface area contributed by atoms with Crippen LogP contribution < -0.4 is 15.8 Å². The standard InChI is InChI=1S/C25H22N4O3S/c1-3-17-15-22(30)28-23(26-17)16-8-6-9-18(14-16)27-24(31)19-10-4-5-11-20(19)29(2)25(32)21-12-7-13-33-21/h4-15H,3H2,1-2H3,(H,27,31)(H,26,28,30). The molecule has 2 aromatic heterocycles. The maximum Gasteiger partial charge on any atom is 0.268 e. The first-order valence-electron chi connectivity index (χ1n) is 10.4. The van der Waals surface area contributed by atoms with E-state index in [-0.39, 0.29) is 17.4 Å². The minimum Gasteiger partial charge on any atom is -0.322 e. The number of rotatable bonds is 6. The number of anilines is 2. The fourth-order valence-electron chi connectivity index (χ4n) is 3.40. The van der Waals surface area contributed by atoms with E-state index >= 15 is 0 Å². The number of thiophene rings is 1. The summed E-state index contributed by atoms with van der Waals surface area (Å²) in [5.41, 5.74) is 2.57. The fourth-order valence-corrected chi connectivity index (χ4v) is 4.10. The Balaban J connectivity index is 1.60. The predicted molar refractivity (Wildman–Crippen MR) is 131 cm³/mol. The Morgan fingerprint density at radius 3 is 2.64 bits per heavy atom. The van der Waals surface area contributed by atoms with E-state index in [4.69, 9.17) is 0 Å². The van der Waals surface area contributed by atoms with Gasteiger partial charge < -0.3 is 15.2 Å². The van der Waals surface area contributed by atoms with Crippen LogP contribution in [0.3, 0.4) is 0 Å². The minimum atomic E-state index is -0.350. The highest BCUT2D eigenvalue weighted by Gasteiger charge is 2.20. The van der Waals surface area contributed by atoms with Gasteiger partial charge in [0, 0.05) is 30.1 Å². The summed E-state index contributed by atoms with van der Waals surface area (Å²) in [6.45, 7) is 1.93. The molecule has 2 amide bonds. The van der Waals surface area contributed by atoms with Crippen molar-refractivity contribution in [3.8, 4) is 11.4 Å². The molecule has 33 heavy (non-hydrogen) atoms. The van der Waals surface area contributed by atoms with Crippen molar-refractivity contribution in [2.24, 2.45) is 0 Å². The molecule has 0 aliphatic heterocycles. The third kappa shape index (κ3) is 4.91. The zero-order valence-electron chi connectivity index (χ0n) is 18.2. The van der Waals surface area contributed by atoms with Crippen LogP contribution in [0.4, 0.5) is 11.4 Å². The molecule has 0 radical (unpaired) electrons. The van der Waals surface area contributed by atoms with Gasteiger partial charge in [0.25, 0.3) is 17.4 Å². The second kappa shape index (κ2) is 9.62. The molecule has 7 nitrogen and oxygen atoms in total. The Hall–Kier alpha value is -4.04. The van der Waals surface area contributed by atoms with Crippen LogP contribution in [-0.2, 0) is 6.42 Å². The molecule has 0 bridgehead atoms. The van der Waals surface area contributed by atoms with Crippen LogP contribution in [0.5, 0.6) is 0 Å². The summed E-state index contributed by atoms with van der Waals surface area (Å²) in [4.78, 5) is 47.1. The van der Waals surface area contributed by atoms with Crippen molar-refractivity contribution in [1.82, 2.24) is 9.97 Å². The Morgan fingerprint density at radius 2 is 1.88 bits per heavy atom. The van der Waals surface area contributed by atoms with E-state index in [1.54, 1.807) is 55.6 Å². The fraction of sp³-hybridized carbons (Fsp3) is 0.120. The molecule has 0 saturated heterocycles. The first-order chi connectivity index (χ1) is 16.0. The third-order valence-electron chi connectivity index (χ3n) is 5.10. The van der Waals surface area contributed by atoms with Crippen LogP contribution >= 0.6 is 11.3 Å². The summed E-state index contributed by atoms with van der Waals surface area (Å²) < 4.78 is 0. The Kier molecular flexibility index (Phi) is 6.46. The lowest BCUT2D eigenvalue weighted by Crippen LogP contribution is -2.28. The van der Waals surface area contributed by atoms with Crippen molar-refractivity contribution in [1.29, 1.82) is 0 Å². The van der Waals surface area contributed by atoms with Gasteiger partial charge in [-0.15, -0.1) is 11.3 Å². The van der Waals surface area contributed by atoms with E-state index in [2.05, 4.69) is 15.3 Å². The smallest absolute Gasteiger partial charge is 0.268 e. The highest BCUT2D eigenvalue weighted by molar-refractivity contribution is 7.12. The van der Waals surface area contributed by atoms with Crippen LogP contribution in [0.15, 0.2) is 76.9 Å². The number of H-pyrrole nitrogens is 1. The van der Waals surface area contributed by atoms with Gasteiger partial charge in [0.15, 0.2) is 0 Å². The van der Waals surface area contributed by atoms with Gasteiger partial charge >= 0.3 is 0 Å². The topological polar surface area (TPSA) is 95.2 Å². The summed E-state index contributed by atoms with van der Waals surface area (Å²) in [6.07, 6.45) is 0.641. The zero-order chi connectivity index (χ0) is 23.4. The highest BCUT2D eigenvalue weighted by Crippen LogP contribution is 2.25. The van der Waals surface area contributed by atoms with Gasteiger partial charge in [-0.3, -0.25) is 14.4 Å². The molecule has 0 aliphatic rings. The van der Waals surface area contributed by atoms with Gasteiger partial charge in [0.1, 0.15) is 5.82 Å². The van der Waals surface area contributed by atoms with Crippen LogP contribution in [0, 0.1) is 0 Å². The largest absolute Gasteiger partial charge is 0.322 e. The van der Waals surface area contributed by atoms with Crippen molar-refractivity contribution >= 4 is 34.5 Å². The number of hydrogen-bond acceptors (Lipinski definition) is 5. The summed E-state index contributed by atoms with van der Waals surface area (Å²) in [7, 11) is 1.65. The molecule has 0 saturated carbocycles. The lowest BCUT2D eigenvalue weighted by atomic mass is 10.1. The van der Waals surface area contributed by atoms with E-state index < -0.39 is 0 Å². The summed E-state index contributed by atoms with van der Waals surface area (Å²) >= 11 is 1.35. The Labute approximate surface area is 194 Å². The van der Waals surface area contributed by atoms with Crippen molar-refractivity contribution in [2.45, 2.75) is 13.3 Å². The van der Waals surface area contributed by atoms with Gasteiger partial charge in [0.2, 0.25) is 0 Å². The molecular weight excluding hydrogens is 436 g/mol. The number of benzene rings is 2. The molecule has 2 N–H and O–H groups in total. The number of hydrogen-bond donors (Lipinski definition) is 2. The average molecular weight is 459 g/mol. The molecule has 0 aliphatic carbocycles. The lowest BCUT2D eigenvalue weighted by Gasteiger charge is -2.20. The second-order valence-electron chi connectivity index (χ2n) is 7.33. The van der Waals surface area contributed by atoms with Gasteiger partial charge in [-0.25, -0.2) is 4.98 Å². The van der Waals surface area contributed by atoms with Gasteiger partial charge in [-0.2, -0.15) is 0 Å². The number of amides is 2. The number of nitrogens with one attached hydrogen (secondary N) is 2. The van der Waals surface area contributed by atoms with E-state index in [1.165, 1.54) is 22.3 Å². The predicted octanol–water partition coefficient (Wildman–Crippen LogP) is 4.59. The van der Waals surface area contributed by atoms with Gasteiger partial charge in [0.05, 0.1) is 16.1 Å². The molecule has 0 unspecified atom stereocenters. The number of aryl methyl sites for hydroxylation is 1. The van der Waals surface area contributed by atoms with E-state index in [1.807, 2.05) is 24.4 Å². The van der Waals surface area contributed by atoms with Gasteiger partial charge in [-0.1, -0.05) is 37.3 Å². The first-order valence-corrected chi connectivity index (χ1v) is 11.3. The average Bonchev–Trinajstić information content (AvgIpc) is 3.38. The normalized spacial score (nSPS) is 10.6. The van der Waals surface area contributed by atoms with Gasteiger partial charge in [-0.05, 0) is 42.1 Å². The molecule has 2 heterocycles. The first kappa shape index (κ1) is 22.2. The van der Waals surface area contributed by atoms with Crippen LogP contribution in [0.1, 0.15) is 32.6 Å².